The molecule has 3 nitrogen and oxygen atoms in total. The van der Waals surface area contributed by atoms with Gasteiger partial charge in [-0.25, -0.2) is 0 Å². The molecule has 0 spiro atoms. The number of ketones is 1. The number of halogens is 1. The van der Waals surface area contributed by atoms with Crippen molar-refractivity contribution in [3.8, 4) is 0 Å². The quantitative estimate of drug-likeness (QED) is 0.733. The van der Waals surface area contributed by atoms with Crippen LogP contribution in [0.15, 0.2) is 59.4 Å². The first-order chi connectivity index (χ1) is 9.65. The molecule has 0 saturated carbocycles. The highest BCUT2D eigenvalue weighted by Crippen LogP contribution is 2.19. The standard InChI is InChI=1S/C16H10ClNO2/c17-12-7-4-11(5-8-12)16(20)13-3-1-2-10-6-9-14(19)18-15(10)13/h1-9H,(H,18,19). The summed E-state index contributed by atoms with van der Waals surface area (Å²) >= 11 is 5.82. The number of pyridine rings is 1. The third-order valence-electron chi connectivity index (χ3n) is 3.11. The fourth-order valence-corrected chi connectivity index (χ4v) is 2.25. The highest BCUT2D eigenvalue weighted by atomic mass is 35.5. The zero-order valence-electron chi connectivity index (χ0n) is 10.4. The molecule has 0 aliphatic rings. The highest BCUT2D eigenvalue weighted by Gasteiger charge is 2.12. The van der Waals surface area contributed by atoms with Crippen molar-refractivity contribution in [1.82, 2.24) is 4.98 Å². The predicted octanol–water partition coefficient (Wildman–Crippen LogP) is 3.41. The Morgan fingerprint density at radius 2 is 1.70 bits per heavy atom. The summed E-state index contributed by atoms with van der Waals surface area (Å²) in [4.78, 5) is 26.7. The first kappa shape index (κ1) is 12.6. The maximum Gasteiger partial charge on any atom is 0.248 e. The lowest BCUT2D eigenvalue weighted by Crippen LogP contribution is -2.08. The van der Waals surface area contributed by atoms with Crippen LogP contribution in [0.3, 0.4) is 0 Å². The molecule has 0 atom stereocenters. The summed E-state index contributed by atoms with van der Waals surface area (Å²) in [6.07, 6.45) is 0. The summed E-state index contributed by atoms with van der Waals surface area (Å²) in [7, 11) is 0. The molecule has 0 unspecified atom stereocenters. The van der Waals surface area contributed by atoms with E-state index in [-0.39, 0.29) is 11.3 Å². The van der Waals surface area contributed by atoms with Crippen molar-refractivity contribution in [1.29, 1.82) is 0 Å². The Kier molecular flexibility index (Phi) is 3.12. The number of fused-ring (bicyclic) bond motifs is 1. The molecule has 0 fully saturated rings. The van der Waals surface area contributed by atoms with Crippen LogP contribution in [0.2, 0.25) is 5.02 Å². The van der Waals surface area contributed by atoms with Crippen molar-refractivity contribution < 1.29 is 4.79 Å². The van der Waals surface area contributed by atoms with Crippen LogP contribution in [-0.2, 0) is 0 Å². The van der Waals surface area contributed by atoms with Gasteiger partial charge in [0.1, 0.15) is 0 Å². The molecule has 3 rings (SSSR count). The predicted molar refractivity (Wildman–Crippen MR) is 79.5 cm³/mol. The number of nitrogens with one attached hydrogen (secondary N) is 1. The molecular formula is C16H10ClNO2. The van der Waals surface area contributed by atoms with Gasteiger partial charge in [-0.05, 0) is 41.8 Å². The van der Waals surface area contributed by atoms with Crippen molar-refractivity contribution in [3.63, 3.8) is 0 Å². The highest BCUT2D eigenvalue weighted by molar-refractivity contribution is 6.30. The Morgan fingerprint density at radius 1 is 0.950 bits per heavy atom. The first-order valence-electron chi connectivity index (χ1n) is 6.07. The van der Waals surface area contributed by atoms with E-state index in [1.165, 1.54) is 6.07 Å². The zero-order chi connectivity index (χ0) is 14.1. The number of aromatic nitrogens is 1. The third-order valence-corrected chi connectivity index (χ3v) is 3.36. The molecule has 20 heavy (non-hydrogen) atoms. The second kappa shape index (κ2) is 4.94. The van der Waals surface area contributed by atoms with Gasteiger partial charge in [0.15, 0.2) is 5.78 Å². The Labute approximate surface area is 119 Å². The van der Waals surface area contributed by atoms with Gasteiger partial charge in [-0.15, -0.1) is 0 Å². The Morgan fingerprint density at radius 3 is 2.45 bits per heavy atom. The van der Waals surface area contributed by atoms with E-state index in [4.69, 9.17) is 11.6 Å². The van der Waals surface area contributed by atoms with E-state index in [0.29, 0.717) is 21.7 Å². The number of hydrogen-bond donors (Lipinski definition) is 1. The first-order valence-corrected chi connectivity index (χ1v) is 6.45. The van der Waals surface area contributed by atoms with Crippen LogP contribution in [0.4, 0.5) is 0 Å². The summed E-state index contributed by atoms with van der Waals surface area (Å²) < 4.78 is 0. The molecule has 0 aliphatic heterocycles. The summed E-state index contributed by atoms with van der Waals surface area (Å²) in [6, 6.07) is 15.2. The van der Waals surface area contributed by atoms with Crippen molar-refractivity contribution in [2.24, 2.45) is 0 Å². The summed E-state index contributed by atoms with van der Waals surface area (Å²) in [5, 5.41) is 1.40. The number of para-hydroxylation sites is 1. The van der Waals surface area contributed by atoms with Crippen molar-refractivity contribution in [3.05, 3.63) is 81.1 Å². The second-order valence-corrected chi connectivity index (χ2v) is 4.86. The molecule has 0 saturated heterocycles. The lowest BCUT2D eigenvalue weighted by molar-refractivity contribution is 0.104. The minimum absolute atomic E-state index is 0.144. The van der Waals surface area contributed by atoms with Crippen LogP contribution < -0.4 is 5.56 Å². The Hall–Kier alpha value is -2.39. The number of aromatic amines is 1. The number of carbonyl (C=O) groups is 1. The smallest absolute Gasteiger partial charge is 0.248 e. The third kappa shape index (κ3) is 2.24. The SMILES string of the molecule is O=C(c1ccc(Cl)cc1)c1cccc2ccc(=O)[nH]c12. The van der Waals surface area contributed by atoms with Gasteiger partial charge < -0.3 is 4.98 Å². The average Bonchev–Trinajstić information content (AvgIpc) is 2.46. The van der Waals surface area contributed by atoms with Crippen molar-refractivity contribution in [2.75, 3.05) is 0 Å². The molecule has 1 heterocycles. The van der Waals surface area contributed by atoms with Crippen LogP contribution >= 0.6 is 11.6 Å². The fourth-order valence-electron chi connectivity index (χ4n) is 2.12. The van der Waals surface area contributed by atoms with Gasteiger partial charge >= 0.3 is 0 Å². The minimum Gasteiger partial charge on any atom is -0.321 e. The molecule has 4 heteroatoms. The number of carbonyl (C=O) groups excluding carboxylic acids is 1. The summed E-state index contributed by atoms with van der Waals surface area (Å²) in [6.45, 7) is 0. The summed E-state index contributed by atoms with van der Waals surface area (Å²) in [5.74, 6) is -0.144. The second-order valence-electron chi connectivity index (χ2n) is 4.43. The number of hydrogen-bond acceptors (Lipinski definition) is 2. The molecule has 1 aromatic heterocycles. The fraction of sp³-hybridized carbons (Fsp3) is 0. The number of rotatable bonds is 2. The Balaban J connectivity index is 2.19. The van der Waals surface area contributed by atoms with Gasteiger partial charge in [-0.3, -0.25) is 9.59 Å². The minimum atomic E-state index is -0.228. The zero-order valence-corrected chi connectivity index (χ0v) is 11.1. The molecular weight excluding hydrogens is 274 g/mol. The lowest BCUT2D eigenvalue weighted by atomic mass is 10.0. The van der Waals surface area contributed by atoms with E-state index in [2.05, 4.69) is 4.98 Å². The molecule has 0 aliphatic carbocycles. The van der Waals surface area contributed by atoms with Gasteiger partial charge in [0, 0.05) is 22.2 Å². The molecule has 0 amide bonds. The molecule has 0 radical (unpaired) electrons. The van der Waals surface area contributed by atoms with Crippen LogP contribution in [0.5, 0.6) is 0 Å². The maximum absolute atomic E-state index is 12.5. The van der Waals surface area contributed by atoms with E-state index in [1.807, 2.05) is 6.07 Å². The van der Waals surface area contributed by atoms with Gasteiger partial charge in [0.2, 0.25) is 5.56 Å². The largest absolute Gasteiger partial charge is 0.321 e. The van der Waals surface area contributed by atoms with E-state index in [1.54, 1.807) is 42.5 Å². The normalized spacial score (nSPS) is 10.7. The molecule has 98 valence electrons. The van der Waals surface area contributed by atoms with E-state index < -0.39 is 0 Å². The van der Waals surface area contributed by atoms with Crippen LogP contribution in [0.25, 0.3) is 10.9 Å². The average molecular weight is 284 g/mol. The van der Waals surface area contributed by atoms with Crippen LogP contribution in [0.1, 0.15) is 15.9 Å². The van der Waals surface area contributed by atoms with Crippen molar-refractivity contribution >= 4 is 28.3 Å². The summed E-state index contributed by atoms with van der Waals surface area (Å²) in [5.41, 5.74) is 1.34. The Bertz CT molecular complexity index is 850. The van der Waals surface area contributed by atoms with Gasteiger partial charge in [0.25, 0.3) is 0 Å². The van der Waals surface area contributed by atoms with Crippen molar-refractivity contribution in [2.45, 2.75) is 0 Å². The molecule has 1 N–H and O–H groups in total. The lowest BCUT2D eigenvalue weighted by Gasteiger charge is -2.05. The monoisotopic (exact) mass is 283 g/mol. The van der Waals surface area contributed by atoms with Gasteiger partial charge in [-0.1, -0.05) is 23.7 Å². The maximum atomic E-state index is 12.5. The van der Waals surface area contributed by atoms with Gasteiger partial charge in [0.05, 0.1) is 5.52 Å². The molecule has 3 aromatic rings. The molecule has 0 bridgehead atoms. The van der Waals surface area contributed by atoms with Crippen LogP contribution in [0, 0.1) is 0 Å². The number of H-pyrrole nitrogens is 1. The van der Waals surface area contributed by atoms with E-state index in [9.17, 15) is 9.59 Å². The van der Waals surface area contributed by atoms with Gasteiger partial charge in [-0.2, -0.15) is 0 Å². The van der Waals surface area contributed by atoms with Crippen LogP contribution in [-0.4, -0.2) is 10.8 Å². The van der Waals surface area contributed by atoms with E-state index in [0.717, 1.165) is 5.39 Å². The number of benzene rings is 2. The molecule has 2 aromatic carbocycles. The topological polar surface area (TPSA) is 49.9 Å². The van der Waals surface area contributed by atoms with E-state index >= 15 is 0 Å².